The van der Waals surface area contributed by atoms with Gasteiger partial charge in [0, 0.05) is 7.05 Å². The first-order valence-corrected chi connectivity index (χ1v) is 4.47. The number of carbonyl (C=O) groups excluding carboxylic acids is 1. The molecule has 1 aromatic rings. The third-order valence-electron chi connectivity index (χ3n) is 2.39. The molecule has 1 aliphatic rings. The Balaban J connectivity index is 1.95. The van der Waals surface area contributed by atoms with E-state index in [1.807, 2.05) is 0 Å². The lowest BCUT2D eigenvalue weighted by Gasteiger charge is -2.01. The number of nitrogens with one attached hydrogen (secondary N) is 1. The topological polar surface area (TPSA) is 97.1 Å². The van der Waals surface area contributed by atoms with Crippen molar-refractivity contribution in [3.05, 3.63) is 6.33 Å². The van der Waals surface area contributed by atoms with Crippen molar-refractivity contribution < 1.29 is 14.7 Å². The molecule has 1 amide bonds. The zero-order valence-corrected chi connectivity index (χ0v) is 8.04. The fraction of sp³-hybridized carbons (Fsp3) is 0.500. The van der Waals surface area contributed by atoms with Crippen LogP contribution in [0.25, 0.3) is 0 Å². The largest absolute Gasteiger partial charge is 0.481 e. The Labute approximate surface area is 85.1 Å². The van der Waals surface area contributed by atoms with E-state index in [4.69, 9.17) is 5.11 Å². The van der Waals surface area contributed by atoms with E-state index in [0.717, 1.165) is 0 Å². The van der Waals surface area contributed by atoms with Crippen molar-refractivity contribution in [2.45, 2.75) is 6.42 Å². The predicted octanol–water partition coefficient (Wildman–Crippen LogP) is -0.526. The number of rotatable bonds is 3. The van der Waals surface area contributed by atoms with Crippen LogP contribution in [0.15, 0.2) is 6.33 Å². The van der Waals surface area contributed by atoms with Gasteiger partial charge in [-0.3, -0.25) is 14.9 Å². The molecule has 0 aromatic carbocycles. The third kappa shape index (κ3) is 1.80. The predicted molar refractivity (Wildman–Crippen MR) is 48.9 cm³/mol. The number of aryl methyl sites for hydroxylation is 1. The van der Waals surface area contributed by atoms with E-state index in [9.17, 15) is 9.59 Å². The van der Waals surface area contributed by atoms with Crippen LogP contribution in [0.2, 0.25) is 0 Å². The lowest BCUT2D eigenvalue weighted by atomic mass is 10.3. The lowest BCUT2D eigenvalue weighted by Crippen LogP contribution is -2.18. The van der Waals surface area contributed by atoms with E-state index in [0.29, 0.717) is 12.4 Å². The highest BCUT2D eigenvalue weighted by atomic mass is 16.4. The summed E-state index contributed by atoms with van der Waals surface area (Å²) in [4.78, 5) is 22.0. The van der Waals surface area contributed by atoms with Gasteiger partial charge in [-0.05, 0) is 6.42 Å². The molecule has 1 heterocycles. The minimum absolute atomic E-state index is 0.307. The number of aliphatic carboxylic acids is 1. The Hall–Kier alpha value is -1.92. The smallest absolute Gasteiger partial charge is 0.307 e. The SMILES string of the molecule is Cn1cnnc1NC(=O)[C@@H]1C[C@@H]1C(=O)O. The fourth-order valence-corrected chi connectivity index (χ4v) is 1.36. The lowest BCUT2D eigenvalue weighted by molar-refractivity contribution is -0.139. The maximum Gasteiger partial charge on any atom is 0.307 e. The van der Waals surface area contributed by atoms with Gasteiger partial charge in [0.05, 0.1) is 11.8 Å². The molecule has 1 aromatic heterocycles. The zero-order valence-electron chi connectivity index (χ0n) is 8.04. The Morgan fingerprint density at radius 2 is 2.33 bits per heavy atom. The van der Waals surface area contributed by atoms with Gasteiger partial charge in [-0.2, -0.15) is 0 Å². The second-order valence-corrected chi connectivity index (χ2v) is 3.54. The van der Waals surface area contributed by atoms with Crippen molar-refractivity contribution in [3.8, 4) is 0 Å². The second kappa shape index (κ2) is 3.34. The highest BCUT2D eigenvalue weighted by molar-refractivity contribution is 5.97. The molecule has 1 aliphatic carbocycles. The minimum atomic E-state index is -0.923. The summed E-state index contributed by atoms with van der Waals surface area (Å²) in [5, 5.41) is 18.4. The van der Waals surface area contributed by atoms with Gasteiger partial charge in [0.25, 0.3) is 0 Å². The molecule has 2 rings (SSSR count). The summed E-state index contributed by atoms with van der Waals surface area (Å²) in [6.07, 6.45) is 1.86. The van der Waals surface area contributed by atoms with Gasteiger partial charge in [-0.25, -0.2) is 0 Å². The monoisotopic (exact) mass is 210 g/mol. The molecule has 0 spiro atoms. The van der Waals surface area contributed by atoms with Gasteiger partial charge in [0.1, 0.15) is 6.33 Å². The van der Waals surface area contributed by atoms with Crippen LogP contribution in [-0.4, -0.2) is 31.7 Å². The van der Waals surface area contributed by atoms with Crippen LogP contribution in [0.1, 0.15) is 6.42 Å². The number of amides is 1. The molecule has 0 radical (unpaired) electrons. The number of carbonyl (C=O) groups is 2. The molecule has 0 unspecified atom stereocenters. The van der Waals surface area contributed by atoms with Gasteiger partial charge >= 0.3 is 5.97 Å². The molecule has 7 nitrogen and oxygen atoms in total. The first kappa shape index (κ1) is 9.63. The summed E-state index contributed by atoms with van der Waals surface area (Å²) >= 11 is 0. The van der Waals surface area contributed by atoms with Crippen molar-refractivity contribution in [2.24, 2.45) is 18.9 Å². The fourth-order valence-electron chi connectivity index (χ4n) is 1.36. The van der Waals surface area contributed by atoms with Gasteiger partial charge in [-0.1, -0.05) is 0 Å². The number of carboxylic acid groups (broad SMARTS) is 1. The minimum Gasteiger partial charge on any atom is -0.481 e. The molecule has 2 N–H and O–H groups in total. The van der Waals surface area contributed by atoms with Crippen LogP contribution in [0, 0.1) is 11.8 Å². The number of nitrogens with zero attached hydrogens (tertiary/aromatic N) is 3. The quantitative estimate of drug-likeness (QED) is 0.699. The summed E-state index contributed by atoms with van der Waals surface area (Å²) in [5.74, 6) is -1.87. The molecule has 2 atom stereocenters. The first-order chi connectivity index (χ1) is 7.09. The number of carboxylic acids is 1. The highest BCUT2D eigenvalue weighted by Gasteiger charge is 2.48. The second-order valence-electron chi connectivity index (χ2n) is 3.54. The molecule has 80 valence electrons. The summed E-state index contributed by atoms with van der Waals surface area (Å²) in [6, 6.07) is 0. The summed E-state index contributed by atoms with van der Waals surface area (Å²) < 4.78 is 1.55. The number of anilines is 1. The molecular weight excluding hydrogens is 200 g/mol. The Morgan fingerprint density at radius 1 is 1.60 bits per heavy atom. The van der Waals surface area contributed by atoms with E-state index in [-0.39, 0.29) is 5.91 Å². The summed E-state index contributed by atoms with van der Waals surface area (Å²) in [7, 11) is 1.69. The van der Waals surface area contributed by atoms with E-state index in [1.54, 1.807) is 11.6 Å². The van der Waals surface area contributed by atoms with E-state index in [1.165, 1.54) is 6.33 Å². The molecule has 0 saturated heterocycles. The van der Waals surface area contributed by atoms with E-state index >= 15 is 0 Å². The standard InChI is InChI=1S/C8H10N4O3/c1-12-3-9-11-8(12)10-6(13)4-2-5(4)7(14)15/h3-5H,2H2,1H3,(H,14,15)(H,10,11,13)/t4-,5+/m1/s1. The van der Waals surface area contributed by atoms with Crippen molar-refractivity contribution in [2.75, 3.05) is 5.32 Å². The normalized spacial score (nSPS) is 23.5. The molecule has 1 saturated carbocycles. The average molecular weight is 210 g/mol. The van der Waals surface area contributed by atoms with Crippen LogP contribution >= 0.6 is 0 Å². The van der Waals surface area contributed by atoms with Gasteiger partial charge in [-0.15, -0.1) is 10.2 Å². The zero-order chi connectivity index (χ0) is 11.0. The molecule has 1 fully saturated rings. The number of hydrogen-bond acceptors (Lipinski definition) is 4. The number of hydrogen-bond donors (Lipinski definition) is 2. The maximum absolute atomic E-state index is 11.5. The van der Waals surface area contributed by atoms with Crippen molar-refractivity contribution in [1.82, 2.24) is 14.8 Å². The highest BCUT2D eigenvalue weighted by Crippen LogP contribution is 2.39. The maximum atomic E-state index is 11.5. The molecule has 0 bridgehead atoms. The van der Waals surface area contributed by atoms with Crippen molar-refractivity contribution in [1.29, 1.82) is 0 Å². The molecular formula is C8H10N4O3. The van der Waals surface area contributed by atoms with Crippen LogP contribution in [0.4, 0.5) is 5.95 Å². The Morgan fingerprint density at radius 3 is 2.80 bits per heavy atom. The van der Waals surface area contributed by atoms with E-state index in [2.05, 4.69) is 15.5 Å². The summed E-state index contributed by atoms with van der Waals surface area (Å²) in [5.41, 5.74) is 0. The third-order valence-corrected chi connectivity index (χ3v) is 2.39. The van der Waals surface area contributed by atoms with Gasteiger partial charge in [0.15, 0.2) is 0 Å². The molecule has 7 heteroatoms. The van der Waals surface area contributed by atoms with Crippen molar-refractivity contribution in [3.63, 3.8) is 0 Å². The van der Waals surface area contributed by atoms with Crippen molar-refractivity contribution >= 4 is 17.8 Å². The average Bonchev–Trinajstić information content (AvgIpc) is 2.88. The first-order valence-electron chi connectivity index (χ1n) is 4.47. The van der Waals surface area contributed by atoms with Crippen LogP contribution in [-0.2, 0) is 16.6 Å². The summed E-state index contributed by atoms with van der Waals surface area (Å²) in [6.45, 7) is 0. The molecule has 15 heavy (non-hydrogen) atoms. The van der Waals surface area contributed by atoms with Gasteiger partial charge in [0.2, 0.25) is 11.9 Å². The van der Waals surface area contributed by atoms with Gasteiger partial charge < -0.3 is 9.67 Å². The number of aromatic nitrogens is 3. The van der Waals surface area contributed by atoms with E-state index < -0.39 is 17.8 Å². The Bertz CT molecular complexity index is 414. The van der Waals surface area contributed by atoms with Crippen LogP contribution in [0.3, 0.4) is 0 Å². The van der Waals surface area contributed by atoms with Crippen LogP contribution < -0.4 is 5.32 Å². The molecule has 0 aliphatic heterocycles. The Kier molecular flexibility index (Phi) is 2.14. The van der Waals surface area contributed by atoms with Crippen LogP contribution in [0.5, 0.6) is 0 Å².